The maximum absolute atomic E-state index is 10.3. The molecule has 0 aromatic rings. The normalized spacial score (nSPS) is 19.6. The van der Waals surface area contributed by atoms with Crippen LogP contribution in [0.3, 0.4) is 0 Å². The third kappa shape index (κ3) is 2.74. The Bertz CT molecular complexity index is 110. The molecule has 0 radical (unpaired) electrons. The van der Waals surface area contributed by atoms with Gasteiger partial charge in [0, 0.05) is 13.2 Å². The van der Waals surface area contributed by atoms with Crippen molar-refractivity contribution in [2.45, 2.75) is 12.8 Å². The van der Waals surface area contributed by atoms with E-state index in [2.05, 4.69) is 0 Å². The van der Waals surface area contributed by atoms with E-state index in [1.165, 1.54) is 0 Å². The van der Waals surface area contributed by atoms with Crippen LogP contribution in [0.5, 0.6) is 0 Å². The zero-order valence-corrected chi connectivity index (χ0v) is 5.17. The Morgan fingerprint density at radius 1 is 1.40 bits per heavy atom. The van der Waals surface area contributed by atoms with E-state index >= 15 is 0 Å². The van der Waals surface area contributed by atoms with E-state index < -0.39 is 5.97 Å². The van der Waals surface area contributed by atoms with Crippen LogP contribution in [-0.4, -0.2) is 43.2 Å². The van der Waals surface area contributed by atoms with Crippen molar-refractivity contribution < 1.29 is 14.6 Å². The van der Waals surface area contributed by atoms with Gasteiger partial charge in [-0.15, -0.1) is 0 Å². The Morgan fingerprint density at radius 2 is 1.90 bits per heavy atom. The molecule has 1 heterocycles. The number of hydrogen-bond acceptors (Lipinski definition) is 2. The SMILES string of the molecule is O=C(O)C1CCOCC1.[LiH]. The third-order valence-electron chi connectivity index (χ3n) is 1.57. The van der Waals surface area contributed by atoms with Gasteiger partial charge in [-0.3, -0.25) is 4.79 Å². The van der Waals surface area contributed by atoms with E-state index in [-0.39, 0.29) is 24.8 Å². The maximum atomic E-state index is 10.3. The second kappa shape index (κ2) is 4.78. The minimum absolute atomic E-state index is 0. The first-order valence-electron chi connectivity index (χ1n) is 3.11. The van der Waals surface area contributed by atoms with Gasteiger partial charge in [0.2, 0.25) is 0 Å². The van der Waals surface area contributed by atoms with Crippen molar-refractivity contribution in [1.82, 2.24) is 0 Å². The molecule has 1 N–H and O–H groups in total. The van der Waals surface area contributed by atoms with E-state index in [0.717, 1.165) is 0 Å². The van der Waals surface area contributed by atoms with Crippen molar-refractivity contribution in [3.05, 3.63) is 0 Å². The number of carboxylic acid groups (broad SMARTS) is 1. The summed E-state index contributed by atoms with van der Waals surface area (Å²) in [6, 6.07) is 0. The molecule has 1 saturated heterocycles. The molecule has 0 bridgehead atoms. The summed E-state index contributed by atoms with van der Waals surface area (Å²) in [5.41, 5.74) is 0. The molecule has 0 amide bonds. The van der Waals surface area contributed by atoms with Gasteiger partial charge in [0.05, 0.1) is 5.92 Å². The minimum atomic E-state index is -0.682. The number of ether oxygens (including phenoxy) is 1. The van der Waals surface area contributed by atoms with Gasteiger partial charge in [-0.05, 0) is 12.8 Å². The molecule has 1 aliphatic heterocycles. The Hall–Kier alpha value is 0.0274. The van der Waals surface area contributed by atoms with E-state index in [0.29, 0.717) is 26.1 Å². The van der Waals surface area contributed by atoms with Crippen molar-refractivity contribution in [2.24, 2.45) is 5.92 Å². The van der Waals surface area contributed by atoms with Gasteiger partial charge in [-0.2, -0.15) is 0 Å². The fourth-order valence-electron chi connectivity index (χ4n) is 0.945. The van der Waals surface area contributed by atoms with Crippen LogP contribution in [0.2, 0.25) is 0 Å². The molecule has 0 aromatic carbocycles. The van der Waals surface area contributed by atoms with Crippen LogP contribution >= 0.6 is 0 Å². The molecule has 0 saturated carbocycles. The van der Waals surface area contributed by atoms with Crippen molar-refractivity contribution in [3.63, 3.8) is 0 Å². The fraction of sp³-hybridized carbons (Fsp3) is 0.833. The molecule has 3 nitrogen and oxygen atoms in total. The molecule has 0 atom stereocenters. The summed E-state index contributed by atoms with van der Waals surface area (Å²) < 4.78 is 4.99. The fourth-order valence-corrected chi connectivity index (χ4v) is 0.945. The van der Waals surface area contributed by atoms with Crippen molar-refractivity contribution in [3.8, 4) is 0 Å². The van der Waals surface area contributed by atoms with Gasteiger partial charge in [0.15, 0.2) is 0 Å². The van der Waals surface area contributed by atoms with E-state index in [9.17, 15) is 4.79 Å². The van der Waals surface area contributed by atoms with Gasteiger partial charge in [-0.1, -0.05) is 0 Å². The number of carboxylic acids is 1. The van der Waals surface area contributed by atoms with Crippen LogP contribution in [0, 0.1) is 5.92 Å². The van der Waals surface area contributed by atoms with Crippen LogP contribution in [0.1, 0.15) is 12.8 Å². The summed E-state index contributed by atoms with van der Waals surface area (Å²) in [7, 11) is 0. The van der Waals surface area contributed by atoms with Crippen molar-refractivity contribution in [1.29, 1.82) is 0 Å². The Morgan fingerprint density at radius 3 is 2.20 bits per heavy atom. The average molecular weight is 138 g/mol. The number of hydrogen-bond donors (Lipinski definition) is 1. The monoisotopic (exact) mass is 138 g/mol. The molecule has 0 aromatic heterocycles. The zero-order chi connectivity index (χ0) is 6.69. The Balaban J connectivity index is 0.000000810. The summed E-state index contributed by atoms with van der Waals surface area (Å²) in [6.07, 6.45) is 1.35. The predicted molar refractivity (Wildman–Crippen MR) is 38.3 cm³/mol. The van der Waals surface area contributed by atoms with Crippen LogP contribution in [0.4, 0.5) is 0 Å². The summed E-state index contributed by atoms with van der Waals surface area (Å²) in [5.74, 6) is -0.836. The predicted octanol–water partition coefficient (Wildman–Crippen LogP) is -0.151. The van der Waals surface area contributed by atoms with Gasteiger partial charge in [0.25, 0.3) is 0 Å². The first kappa shape index (κ1) is 10.0. The van der Waals surface area contributed by atoms with Crippen LogP contribution in [0.25, 0.3) is 0 Å². The summed E-state index contributed by atoms with van der Waals surface area (Å²) in [4.78, 5) is 10.3. The van der Waals surface area contributed by atoms with Crippen molar-refractivity contribution in [2.75, 3.05) is 13.2 Å². The summed E-state index contributed by atoms with van der Waals surface area (Å²) in [6.45, 7) is 1.22. The Labute approximate surface area is 71.9 Å². The molecule has 1 fully saturated rings. The number of aliphatic carboxylic acids is 1. The molecule has 0 unspecified atom stereocenters. The first-order valence-corrected chi connectivity index (χ1v) is 3.11. The third-order valence-corrected chi connectivity index (χ3v) is 1.57. The van der Waals surface area contributed by atoms with Gasteiger partial charge < -0.3 is 9.84 Å². The van der Waals surface area contributed by atoms with Gasteiger partial charge in [0.1, 0.15) is 0 Å². The van der Waals surface area contributed by atoms with Crippen LogP contribution < -0.4 is 0 Å². The van der Waals surface area contributed by atoms with Crippen molar-refractivity contribution >= 4 is 24.8 Å². The summed E-state index contributed by atoms with van der Waals surface area (Å²) >= 11 is 0. The molecule has 4 heteroatoms. The second-order valence-corrected chi connectivity index (χ2v) is 2.22. The molecular formula is C6H11LiO3. The molecule has 1 aliphatic rings. The average Bonchev–Trinajstić information content (AvgIpc) is 1.90. The van der Waals surface area contributed by atoms with E-state index in [1.54, 1.807) is 0 Å². The van der Waals surface area contributed by atoms with Gasteiger partial charge >= 0.3 is 24.8 Å². The first-order chi connectivity index (χ1) is 4.30. The quantitative estimate of drug-likeness (QED) is 0.512. The Kier molecular flexibility index (Phi) is 4.80. The molecular weight excluding hydrogens is 127 g/mol. The van der Waals surface area contributed by atoms with Crippen LogP contribution in [-0.2, 0) is 9.53 Å². The topological polar surface area (TPSA) is 46.5 Å². The van der Waals surface area contributed by atoms with Gasteiger partial charge in [-0.25, -0.2) is 0 Å². The molecule has 10 heavy (non-hydrogen) atoms. The van der Waals surface area contributed by atoms with Crippen LogP contribution in [0.15, 0.2) is 0 Å². The molecule has 0 aliphatic carbocycles. The molecule has 0 spiro atoms. The molecule has 54 valence electrons. The number of rotatable bonds is 1. The summed E-state index contributed by atoms with van der Waals surface area (Å²) in [5, 5.41) is 8.48. The second-order valence-electron chi connectivity index (χ2n) is 2.22. The molecule has 1 rings (SSSR count). The number of carbonyl (C=O) groups is 1. The van der Waals surface area contributed by atoms with E-state index in [1.807, 2.05) is 0 Å². The zero-order valence-electron chi connectivity index (χ0n) is 5.17. The van der Waals surface area contributed by atoms with E-state index in [4.69, 9.17) is 9.84 Å². The standard InChI is InChI=1S/C6H10O3.Li.H/c7-6(8)5-1-3-9-4-2-5;;/h5H,1-4H2,(H,7,8);;.